The van der Waals surface area contributed by atoms with Crippen molar-refractivity contribution in [3.8, 4) is 0 Å². The van der Waals surface area contributed by atoms with E-state index in [0.29, 0.717) is 5.92 Å². The SMILES string of the molecule is CCC(CBr)CSc1n[nH]c(=O)n1C(C)C. The van der Waals surface area contributed by atoms with Gasteiger partial charge in [0.15, 0.2) is 5.16 Å². The lowest BCUT2D eigenvalue weighted by Crippen LogP contribution is -2.19. The second-order valence-corrected chi connectivity index (χ2v) is 5.65. The van der Waals surface area contributed by atoms with Crippen LogP contribution in [-0.4, -0.2) is 25.8 Å². The molecule has 0 saturated carbocycles. The normalized spacial score (nSPS) is 13.3. The van der Waals surface area contributed by atoms with Crippen LogP contribution in [0.2, 0.25) is 0 Å². The molecule has 0 aliphatic heterocycles. The van der Waals surface area contributed by atoms with E-state index in [1.165, 1.54) is 0 Å². The summed E-state index contributed by atoms with van der Waals surface area (Å²) in [4.78, 5) is 11.5. The molecule has 16 heavy (non-hydrogen) atoms. The van der Waals surface area contributed by atoms with Crippen LogP contribution >= 0.6 is 27.7 Å². The first-order valence-corrected chi connectivity index (χ1v) is 7.56. The first-order chi connectivity index (χ1) is 7.60. The van der Waals surface area contributed by atoms with Crippen molar-refractivity contribution in [1.82, 2.24) is 14.8 Å². The standard InChI is InChI=1S/C10H18BrN3OS/c1-4-8(5-11)6-16-10-13-12-9(15)14(10)7(2)3/h7-8H,4-6H2,1-3H3,(H,12,15). The van der Waals surface area contributed by atoms with Crippen molar-refractivity contribution >= 4 is 27.7 Å². The van der Waals surface area contributed by atoms with Gasteiger partial charge in [-0.1, -0.05) is 41.0 Å². The van der Waals surface area contributed by atoms with Crippen LogP contribution in [0.5, 0.6) is 0 Å². The second kappa shape index (κ2) is 6.49. The highest BCUT2D eigenvalue weighted by Gasteiger charge is 2.13. The average molecular weight is 308 g/mol. The fourth-order valence-electron chi connectivity index (χ4n) is 1.31. The summed E-state index contributed by atoms with van der Waals surface area (Å²) in [7, 11) is 0. The summed E-state index contributed by atoms with van der Waals surface area (Å²) >= 11 is 5.14. The van der Waals surface area contributed by atoms with Crippen molar-refractivity contribution in [3.63, 3.8) is 0 Å². The molecule has 6 heteroatoms. The molecule has 1 unspecified atom stereocenters. The lowest BCUT2D eigenvalue weighted by molar-refractivity contribution is 0.533. The third-order valence-electron chi connectivity index (χ3n) is 2.43. The molecule has 1 N–H and O–H groups in total. The first kappa shape index (κ1) is 13.8. The monoisotopic (exact) mass is 307 g/mol. The smallest absolute Gasteiger partial charge is 0.268 e. The van der Waals surface area contributed by atoms with Gasteiger partial charge in [-0.2, -0.15) is 0 Å². The molecule has 1 atom stereocenters. The van der Waals surface area contributed by atoms with Crippen LogP contribution < -0.4 is 5.69 Å². The van der Waals surface area contributed by atoms with Crippen molar-refractivity contribution in [2.45, 2.75) is 38.4 Å². The Kier molecular flexibility index (Phi) is 5.61. The topological polar surface area (TPSA) is 50.7 Å². The van der Waals surface area contributed by atoms with E-state index in [2.05, 4.69) is 33.1 Å². The maximum atomic E-state index is 11.5. The highest BCUT2D eigenvalue weighted by atomic mass is 79.9. The van der Waals surface area contributed by atoms with Gasteiger partial charge in [0.2, 0.25) is 0 Å². The molecule has 1 rings (SSSR count). The summed E-state index contributed by atoms with van der Waals surface area (Å²) in [5.74, 6) is 1.61. The zero-order valence-corrected chi connectivity index (χ0v) is 12.3. The third kappa shape index (κ3) is 3.38. The Hall–Kier alpha value is -0.230. The summed E-state index contributed by atoms with van der Waals surface area (Å²) in [6.07, 6.45) is 1.13. The van der Waals surface area contributed by atoms with Crippen molar-refractivity contribution < 1.29 is 0 Å². The Morgan fingerprint density at radius 2 is 2.25 bits per heavy atom. The molecule has 0 aliphatic carbocycles. The molecule has 1 heterocycles. The number of nitrogens with one attached hydrogen (secondary N) is 1. The number of alkyl halides is 1. The number of H-pyrrole nitrogens is 1. The van der Waals surface area contributed by atoms with Gasteiger partial charge < -0.3 is 0 Å². The van der Waals surface area contributed by atoms with Crippen molar-refractivity contribution in [2.24, 2.45) is 5.92 Å². The maximum Gasteiger partial charge on any atom is 0.344 e. The largest absolute Gasteiger partial charge is 0.344 e. The van der Waals surface area contributed by atoms with Crippen molar-refractivity contribution in [1.29, 1.82) is 0 Å². The number of nitrogens with zero attached hydrogens (tertiary/aromatic N) is 2. The van der Waals surface area contributed by atoms with Gasteiger partial charge >= 0.3 is 5.69 Å². The van der Waals surface area contributed by atoms with Crippen LogP contribution in [0.4, 0.5) is 0 Å². The van der Waals surface area contributed by atoms with Crippen LogP contribution in [0, 0.1) is 5.92 Å². The van der Waals surface area contributed by atoms with Gasteiger partial charge in [0.1, 0.15) is 0 Å². The van der Waals surface area contributed by atoms with Gasteiger partial charge in [-0.05, 0) is 19.8 Å². The zero-order chi connectivity index (χ0) is 12.1. The highest BCUT2D eigenvalue weighted by Crippen LogP contribution is 2.22. The maximum absolute atomic E-state index is 11.5. The molecule has 0 bridgehead atoms. The van der Waals surface area contributed by atoms with E-state index >= 15 is 0 Å². The van der Waals surface area contributed by atoms with E-state index in [-0.39, 0.29) is 11.7 Å². The Labute approximate surface area is 108 Å². The molecular formula is C10H18BrN3OS. The quantitative estimate of drug-likeness (QED) is 0.649. The summed E-state index contributed by atoms with van der Waals surface area (Å²) < 4.78 is 1.70. The summed E-state index contributed by atoms with van der Waals surface area (Å²) in [5, 5.41) is 8.34. The molecule has 0 aromatic carbocycles. The molecule has 4 nitrogen and oxygen atoms in total. The van der Waals surface area contributed by atoms with E-state index in [4.69, 9.17) is 0 Å². The van der Waals surface area contributed by atoms with Crippen molar-refractivity contribution in [2.75, 3.05) is 11.1 Å². The molecule has 1 aromatic rings. The van der Waals surface area contributed by atoms with Crippen LogP contribution in [0.1, 0.15) is 33.2 Å². The van der Waals surface area contributed by atoms with Gasteiger partial charge in [0.25, 0.3) is 0 Å². The molecule has 92 valence electrons. The minimum atomic E-state index is -0.121. The fourth-order valence-corrected chi connectivity index (χ4v) is 3.58. The molecule has 0 radical (unpaired) electrons. The minimum Gasteiger partial charge on any atom is -0.268 e. The van der Waals surface area contributed by atoms with E-state index in [1.54, 1.807) is 16.3 Å². The van der Waals surface area contributed by atoms with E-state index in [9.17, 15) is 4.79 Å². The number of hydrogen-bond acceptors (Lipinski definition) is 3. The molecule has 0 aliphatic rings. The van der Waals surface area contributed by atoms with Gasteiger partial charge in [-0.15, -0.1) is 5.10 Å². The Morgan fingerprint density at radius 3 is 2.75 bits per heavy atom. The Morgan fingerprint density at radius 1 is 1.56 bits per heavy atom. The molecule has 1 aromatic heterocycles. The molecular weight excluding hydrogens is 290 g/mol. The summed E-state index contributed by atoms with van der Waals surface area (Å²) in [6, 6.07) is 0.151. The number of rotatable bonds is 6. The second-order valence-electron chi connectivity index (χ2n) is 4.01. The Balaban J connectivity index is 2.70. The number of aromatic nitrogens is 3. The summed E-state index contributed by atoms with van der Waals surface area (Å²) in [6.45, 7) is 6.15. The first-order valence-electron chi connectivity index (χ1n) is 5.45. The molecule has 0 spiro atoms. The Bertz CT molecular complexity index is 370. The molecule has 0 saturated heterocycles. The summed E-state index contributed by atoms with van der Waals surface area (Å²) in [5.41, 5.74) is -0.121. The molecule has 0 fully saturated rings. The van der Waals surface area contributed by atoms with Crippen LogP contribution in [0.3, 0.4) is 0 Å². The number of halogens is 1. The lowest BCUT2D eigenvalue weighted by Gasteiger charge is -2.12. The van der Waals surface area contributed by atoms with Crippen LogP contribution in [0.25, 0.3) is 0 Å². The highest BCUT2D eigenvalue weighted by molar-refractivity contribution is 9.09. The molecule has 0 amide bonds. The lowest BCUT2D eigenvalue weighted by atomic mass is 10.2. The van der Waals surface area contributed by atoms with Crippen LogP contribution in [-0.2, 0) is 0 Å². The minimum absolute atomic E-state index is 0.121. The van der Waals surface area contributed by atoms with Gasteiger partial charge in [-0.3, -0.25) is 4.57 Å². The van der Waals surface area contributed by atoms with Gasteiger partial charge in [0.05, 0.1) is 0 Å². The van der Waals surface area contributed by atoms with E-state index in [1.807, 2.05) is 13.8 Å². The predicted octanol–water partition coefficient (Wildman–Crippen LogP) is 2.67. The van der Waals surface area contributed by atoms with Gasteiger partial charge in [-0.25, -0.2) is 9.89 Å². The van der Waals surface area contributed by atoms with Crippen LogP contribution in [0.15, 0.2) is 9.95 Å². The third-order valence-corrected chi connectivity index (χ3v) is 4.53. The number of aromatic amines is 1. The van der Waals surface area contributed by atoms with Crippen molar-refractivity contribution in [3.05, 3.63) is 10.5 Å². The van der Waals surface area contributed by atoms with E-state index in [0.717, 1.165) is 22.7 Å². The predicted molar refractivity (Wildman–Crippen MR) is 71.5 cm³/mol. The number of hydrogen-bond donors (Lipinski definition) is 1. The zero-order valence-electron chi connectivity index (χ0n) is 9.86. The average Bonchev–Trinajstić information content (AvgIpc) is 2.61. The fraction of sp³-hybridized carbons (Fsp3) is 0.800. The van der Waals surface area contributed by atoms with E-state index < -0.39 is 0 Å². The van der Waals surface area contributed by atoms with Gasteiger partial charge in [0, 0.05) is 17.1 Å². The number of thioether (sulfide) groups is 1.